The molecule has 4 heteroatoms. The lowest BCUT2D eigenvalue weighted by Gasteiger charge is -2.10. The van der Waals surface area contributed by atoms with Crippen LogP contribution in [0.15, 0.2) is 30.3 Å². The van der Waals surface area contributed by atoms with E-state index in [1.807, 2.05) is 18.2 Å². The maximum Gasteiger partial charge on any atom is 0.223 e. The molecule has 0 bridgehead atoms. The number of carbonyl (C=O) groups is 1. The van der Waals surface area contributed by atoms with Crippen molar-refractivity contribution in [2.75, 3.05) is 20.3 Å². The summed E-state index contributed by atoms with van der Waals surface area (Å²) >= 11 is 0. The van der Waals surface area contributed by atoms with Gasteiger partial charge in [0.25, 0.3) is 0 Å². The third kappa shape index (κ3) is 4.04. The Morgan fingerprint density at radius 2 is 2.21 bits per heavy atom. The number of aliphatic hydroxyl groups is 1. The Morgan fingerprint density at radius 3 is 2.89 bits per heavy atom. The van der Waals surface area contributed by atoms with Gasteiger partial charge in [-0.3, -0.25) is 4.79 Å². The smallest absolute Gasteiger partial charge is 0.223 e. The molecule has 0 heterocycles. The van der Waals surface area contributed by atoms with Crippen molar-refractivity contribution in [3.8, 4) is 0 Å². The number of carbonyl (C=O) groups excluding carboxylic acids is 1. The van der Waals surface area contributed by atoms with Crippen LogP contribution in [0.2, 0.25) is 0 Å². The van der Waals surface area contributed by atoms with Crippen LogP contribution in [0.5, 0.6) is 0 Å². The topological polar surface area (TPSA) is 58.6 Å². The van der Waals surface area contributed by atoms with Gasteiger partial charge in [0.15, 0.2) is 0 Å². The number of hydrogen-bond donors (Lipinski definition) is 2. The monoisotopic (exact) mass is 263 g/mol. The average molecular weight is 263 g/mol. The van der Waals surface area contributed by atoms with E-state index in [9.17, 15) is 9.90 Å². The predicted octanol–water partition coefficient (Wildman–Crippen LogP) is 1.30. The normalized spacial score (nSPS) is 22.8. The molecular formula is C15H21NO3. The number of aliphatic hydroxyl groups excluding tert-OH is 1. The second-order valence-corrected chi connectivity index (χ2v) is 5.05. The fraction of sp³-hybridized carbons (Fsp3) is 0.533. The van der Waals surface area contributed by atoms with Crippen LogP contribution in [0.25, 0.3) is 0 Å². The number of benzene rings is 1. The van der Waals surface area contributed by atoms with E-state index in [0.29, 0.717) is 25.5 Å². The van der Waals surface area contributed by atoms with E-state index in [0.717, 1.165) is 6.42 Å². The van der Waals surface area contributed by atoms with Crippen LogP contribution >= 0.6 is 0 Å². The summed E-state index contributed by atoms with van der Waals surface area (Å²) in [7, 11) is 1.55. The lowest BCUT2D eigenvalue weighted by Crippen LogP contribution is -2.29. The molecule has 4 nitrogen and oxygen atoms in total. The molecule has 0 saturated heterocycles. The van der Waals surface area contributed by atoms with Crippen LogP contribution in [-0.2, 0) is 9.53 Å². The maximum atomic E-state index is 11.9. The summed E-state index contributed by atoms with van der Waals surface area (Å²) in [5.74, 6) is 0.561. The first-order valence-corrected chi connectivity index (χ1v) is 6.72. The van der Waals surface area contributed by atoms with Crippen molar-refractivity contribution < 1.29 is 14.6 Å². The second-order valence-electron chi connectivity index (χ2n) is 5.05. The zero-order chi connectivity index (χ0) is 13.7. The first kappa shape index (κ1) is 14.0. The summed E-state index contributed by atoms with van der Waals surface area (Å²) in [4.78, 5) is 11.9. The largest absolute Gasteiger partial charge is 0.391 e. The van der Waals surface area contributed by atoms with Crippen LogP contribution in [0, 0.1) is 5.92 Å². The van der Waals surface area contributed by atoms with Gasteiger partial charge in [-0.1, -0.05) is 30.3 Å². The highest BCUT2D eigenvalue weighted by molar-refractivity contribution is 5.82. The standard InChI is InChI=1S/C15H21NO3/c1-19-10-12(17)7-8-16-15(18)14-9-13(14)11-5-3-2-4-6-11/h2-6,12-14,17H,7-10H2,1H3,(H,16,18). The molecule has 0 aliphatic heterocycles. The minimum absolute atomic E-state index is 0.0958. The number of ether oxygens (including phenoxy) is 1. The first-order chi connectivity index (χ1) is 9.22. The van der Waals surface area contributed by atoms with Gasteiger partial charge >= 0.3 is 0 Å². The predicted molar refractivity (Wildman–Crippen MR) is 72.8 cm³/mol. The fourth-order valence-electron chi connectivity index (χ4n) is 2.32. The summed E-state index contributed by atoms with van der Waals surface area (Å²) in [5.41, 5.74) is 1.24. The Balaban J connectivity index is 1.69. The molecule has 1 amide bonds. The van der Waals surface area contributed by atoms with Crippen molar-refractivity contribution >= 4 is 5.91 Å². The molecule has 0 aromatic heterocycles. The molecule has 19 heavy (non-hydrogen) atoms. The lowest BCUT2D eigenvalue weighted by atomic mass is 10.1. The number of rotatable bonds is 7. The quantitative estimate of drug-likeness (QED) is 0.779. The second kappa shape index (κ2) is 6.68. The third-order valence-electron chi connectivity index (χ3n) is 3.49. The molecule has 2 rings (SSSR count). The minimum Gasteiger partial charge on any atom is -0.391 e. The molecule has 3 atom stereocenters. The van der Waals surface area contributed by atoms with Gasteiger partial charge in [-0.05, 0) is 24.3 Å². The molecular weight excluding hydrogens is 242 g/mol. The first-order valence-electron chi connectivity index (χ1n) is 6.72. The molecule has 0 spiro atoms. The SMILES string of the molecule is COCC(O)CCNC(=O)C1CC1c1ccccc1. The van der Waals surface area contributed by atoms with Crippen LogP contribution in [0.1, 0.15) is 24.3 Å². The van der Waals surface area contributed by atoms with E-state index in [1.165, 1.54) is 5.56 Å². The Labute approximate surface area is 113 Å². The van der Waals surface area contributed by atoms with Crippen molar-refractivity contribution in [2.24, 2.45) is 5.92 Å². The summed E-state index contributed by atoms with van der Waals surface area (Å²) < 4.78 is 4.83. The van der Waals surface area contributed by atoms with Crippen LogP contribution in [-0.4, -0.2) is 37.4 Å². The van der Waals surface area contributed by atoms with Crippen molar-refractivity contribution in [1.82, 2.24) is 5.32 Å². The van der Waals surface area contributed by atoms with Gasteiger partial charge in [-0.15, -0.1) is 0 Å². The summed E-state index contributed by atoms with van der Waals surface area (Å²) in [6, 6.07) is 10.1. The maximum absolute atomic E-state index is 11.9. The highest BCUT2D eigenvalue weighted by atomic mass is 16.5. The Hall–Kier alpha value is -1.39. The fourth-order valence-corrected chi connectivity index (χ4v) is 2.32. The van der Waals surface area contributed by atoms with Gasteiger partial charge in [0.05, 0.1) is 12.7 Å². The van der Waals surface area contributed by atoms with E-state index >= 15 is 0 Å². The summed E-state index contributed by atoms with van der Waals surface area (Å²) in [6.07, 6.45) is 0.952. The van der Waals surface area contributed by atoms with Crippen LogP contribution < -0.4 is 5.32 Å². The Kier molecular flexibility index (Phi) is 4.93. The molecule has 1 fully saturated rings. The summed E-state index contributed by atoms with van der Waals surface area (Å²) in [6.45, 7) is 0.813. The van der Waals surface area contributed by atoms with Gasteiger partial charge in [0.2, 0.25) is 5.91 Å². The lowest BCUT2D eigenvalue weighted by molar-refractivity contribution is -0.122. The number of amides is 1. The summed E-state index contributed by atoms with van der Waals surface area (Å²) in [5, 5.41) is 12.3. The van der Waals surface area contributed by atoms with Crippen molar-refractivity contribution in [3.05, 3.63) is 35.9 Å². The highest BCUT2D eigenvalue weighted by Crippen LogP contribution is 2.47. The number of methoxy groups -OCH3 is 1. The van der Waals surface area contributed by atoms with Crippen molar-refractivity contribution in [2.45, 2.75) is 24.9 Å². The number of hydrogen-bond acceptors (Lipinski definition) is 3. The molecule has 3 unspecified atom stereocenters. The van der Waals surface area contributed by atoms with E-state index in [1.54, 1.807) is 7.11 Å². The zero-order valence-electron chi connectivity index (χ0n) is 11.2. The van der Waals surface area contributed by atoms with Gasteiger partial charge in [0.1, 0.15) is 0 Å². The van der Waals surface area contributed by atoms with Gasteiger partial charge in [-0.2, -0.15) is 0 Å². The van der Waals surface area contributed by atoms with Gasteiger partial charge in [-0.25, -0.2) is 0 Å². The third-order valence-corrected chi connectivity index (χ3v) is 3.49. The van der Waals surface area contributed by atoms with Crippen molar-refractivity contribution in [1.29, 1.82) is 0 Å². The van der Waals surface area contributed by atoms with Crippen LogP contribution in [0.3, 0.4) is 0 Å². The van der Waals surface area contributed by atoms with Gasteiger partial charge in [0, 0.05) is 19.6 Å². The van der Waals surface area contributed by atoms with E-state index in [-0.39, 0.29) is 11.8 Å². The molecule has 1 aromatic rings. The molecule has 1 aliphatic carbocycles. The van der Waals surface area contributed by atoms with E-state index < -0.39 is 6.10 Å². The zero-order valence-corrected chi connectivity index (χ0v) is 11.2. The van der Waals surface area contributed by atoms with Crippen molar-refractivity contribution in [3.63, 3.8) is 0 Å². The van der Waals surface area contributed by atoms with Gasteiger partial charge < -0.3 is 15.2 Å². The molecule has 0 radical (unpaired) electrons. The Morgan fingerprint density at radius 1 is 1.47 bits per heavy atom. The molecule has 1 saturated carbocycles. The molecule has 1 aromatic carbocycles. The Bertz CT molecular complexity index is 407. The molecule has 1 aliphatic rings. The molecule has 2 N–H and O–H groups in total. The average Bonchev–Trinajstić information content (AvgIpc) is 3.20. The number of nitrogens with one attached hydrogen (secondary N) is 1. The highest BCUT2D eigenvalue weighted by Gasteiger charge is 2.43. The molecule has 104 valence electrons. The minimum atomic E-state index is -0.505. The van der Waals surface area contributed by atoms with Crippen LogP contribution in [0.4, 0.5) is 0 Å². The van der Waals surface area contributed by atoms with E-state index in [2.05, 4.69) is 17.4 Å². The van der Waals surface area contributed by atoms with E-state index in [4.69, 9.17) is 4.74 Å².